The molecule has 2 amide bonds. The van der Waals surface area contributed by atoms with Gasteiger partial charge in [0.2, 0.25) is 0 Å². The first-order chi connectivity index (χ1) is 20.4. The van der Waals surface area contributed by atoms with Crippen molar-refractivity contribution >= 4 is 28.4 Å². The summed E-state index contributed by atoms with van der Waals surface area (Å²) in [5, 5.41) is 6.35. The zero-order chi connectivity index (χ0) is 31.2. The SMILES string of the molecule is CC.CC.CC.COCCN(Cc1cnc(C2=CC3NC=CC(Oc4ccc(N)cc4F)=C3S2)n1C)C(=O)NC1CC1. The van der Waals surface area contributed by atoms with Gasteiger partial charge < -0.3 is 35.3 Å². The van der Waals surface area contributed by atoms with E-state index in [1.54, 1.807) is 36.5 Å². The smallest absolute Gasteiger partial charge is 0.318 e. The fraction of sp³-hybridized carbons (Fsp3) is 0.484. The highest BCUT2D eigenvalue weighted by Gasteiger charge is 2.31. The molecule has 2 aromatic rings. The molecule has 0 bridgehead atoms. The van der Waals surface area contributed by atoms with Gasteiger partial charge in [-0.15, -0.1) is 0 Å². The number of methoxy groups -OCH3 is 1. The monoisotopic (exact) mass is 602 g/mol. The third-order valence-corrected chi connectivity index (χ3v) is 7.38. The van der Waals surface area contributed by atoms with Gasteiger partial charge in [-0.25, -0.2) is 14.2 Å². The molecule has 3 heterocycles. The van der Waals surface area contributed by atoms with Crippen LogP contribution in [0.4, 0.5) is 14.9 Å². The molecule has 4 N–H and O–H groups in total. The number of allylic oxidation sites excluding steroid dienone is 1. The number of hydrogen-bond donors (Lipinski definition) is 3. The summed E-state index contributed by atoms with van der Waals surface area (Å²) in [6.45, 7) is 13.4. The number of ether oxygens (including phenoxy) is 2. The zero-order valence-corrected chi connectivity index (χ0v) is 27.0. The molecule has 0 saturated heterocycles. The molecule has 232 valence electrons. The van der Waals surface area contributed by atoms with Crippen LogP contribution in [0, 0.1) is 5.82 Å². The Balaban J connectivity index is 0.000000966. The average Bonchev–Trinajstić information content (AvgIpc) is 3.60. The molecule has 2 aliphatic heterocycles. The van der Waals surface area contributed by atoms with Gasteiger partial charge >= 0.3 is 6.03 Å². The lowest BCUT2D eigenvalue weighted by Gasteiger charge is -2.23. The first-order valence-corrected chi connectivity index (χ1v) is 15.6. The van der Waals surface area contributed by atoms with Crippen LogP contribution >= 0.6 is 11.8 Å². The first kappa shape index (κ1) is 34.8. The Hall–Kier alpha value is -3.44. The van der Waals surface area contributed by atoms with Crippen molar-refractivity contribution in [3.63, 3.8) is 0 Å². The van der Waals surface area contributed by atoms with Gasteiger partial charge in [0.1, 0.15) is 11.6 Å². The van der Waals surface area contributed by atoms with Crippen molar-refractivity contribution < 1.29 is 18.7 Å². The Bertz CT molecular complexity index is 1260. The van der Waals surface area contributed by atoms with Crippen molar-refractivity contribution in [1.29, 1.82) is 0 Å². The molecule has 1 unspecified atom stereocenters. The van der Waals surface area contributed by atoms with Crippen molar-refractivity contribution in [3.05, 3.63) is 70.7 Å². The summed E-state index contributed by atoms with van der Waals surface area (Å²) in [7, 11) is 3.56. The molecule has 1 atom stereocenters. The van der Waals surface area contributed by atoms with Crippen LogP contribution in [0.2, 0.25) is 0 Å². The van der Waals surface area contributed by atoms with Gasteiger partial charge in [-0.2, -0.15) is 0 Å². The number of fused-ring (bicyclic) bond motifs is 1. The van der Waals surface area contributed by atoms with E-state index in [1.807, 2.05) is 53.2 Å². The van der Waals surface area contributed by atoms with Crippen LogP contribution < -0.4 is 21.1 Å². The van der Waals surface area contributed by atoms with Crippen molar-refractivity contribution in [1.82, 2.24) is 25.1 Å². The molecule has 1 aromatic heterocycles. The number of hydrogen-bond acceptors (Lipinski definition) is 7. The van der Waals surface area contributed by atoms with Crippen LogP contribution in [-0.4, -0.2) is 52.8 Å². The number of aromatic nitrogens is 2. The molecule has 42 heavy (non-hydrogen) atoms. The summed E-state index contributed by atoms with van der Waals surface area (Å²) < 4.78 is 27.4. The van der Waals surface area contributed by atoms with Gasteiger partial charge in [-0.3, -0.25) is 0 Å². The number of halogens is 1. The maximum atomic E-state index is 14.3. The molecule has 0 spiro atoms. The zero-order valence-electron chi connectivity index (χ0n) is 26.2. The van der Waals surface area contributed by atoms with E-state index in [-0.39, 0.29) is 23.9 Å². The number of nitrogen functional groups attached to an aromatic ring is 1. The van der Waals surface area contributed by atoms with Crippen molar-refractivity contribution in [2.45, 2.75) is 73.0 Å². The fourth-order valence-electron chi connectivity index (χ4n) is 3.97. The number of carbonyl (C=O) groups excluding carboxylic acids is 1. The molecule has 3 aliphatic rings. The number of rotatable bonds is 9. The Morgan fingerprint density at radius 1 is 1.24 bits per heavy atom. The maximum Gasteiger partial charge on any atom is 0.318 e. The standard InChI is InChI=1S/C25H29FN6O3S.3C2H6/c1-31-17(14-32(9-10-34-2)25(33)30-16-4-5-16)13-29-24(31)22-12-19-23(36-22)21(7-8-28-19)35-20-6-3-15(27)11-18(20)26;3*1-2/h3,6-8,11-13,16,19,28H,4-5,9-10,14,27H2,1-2H3,(H,30,33);3*1-2H3. The Kier molecular flexibility index (Phi) is 14.5. The van der Waals surface area contributed by atoms with Crippen molar-refractivity contribution in [3.8, 4) is 5.75 Å². The number of amides is 2. The van der Waals surface area contributed by atoms with Gasteiger partial charge in [0.15, 0.2) is 11.6 Å². The number of thioether (sulfide) groups is 1. The minimum absolute atomic E-state index is 0.0881. The predicted molar refractivity (Wildman–Crippen MR) is 171 cm³/mol. The molecule has 0 radical (unpaired) electrons. The second kappa shape index (κ2) is 17.5. The van der Waals surface area contributed by atoms with E-state index in [0.717, 1.165) is 34.2 Å². The summed E-state index contributed by atoms with van der Waals surface area (Å²) in [5.41, 5.74) is 6.90. The summed E-state index contributed by atoms with van der Waals surface area (Å²) in [5.74, 6) is 0.952. The largest absolute Gasteiger partial charge is 0.453 e. The minimum Gasteiger partial charge on any atom is -0.453 e. The van der Waals surface area contributed by atoms with Gasteiger partial charge in [-0.1, -0.05) is 53.3 Å². The Morgan fingerprint density at radius 3 is 2.60 bits per heavy atom. The highest BCUT2D eigenvalue weighted by molar-refractivity contribution is 8.12. The van der Waals surface area contributed by atoms with Gasteiger partial charge in [0.05, 0.1) is 40.9 Å². The van der Waals surface area contributed by atoms with Crippen LogP contribution in [0.15, 0.2) is 53.4 Å². The van der Waals surface area contributed by atoms with Crippen LogP contribution in [0.3, 0.4) is 0 Å². The van der Waals surface area contributed by atoms with Gasteiger partial charge in [0, 0.05) is 44.7 Å². The number of benzene rings is 1. The number of anilines is 1. The van der Waals surface area contributed by atoms with E-state index in [9.17, 15) is 9.18 Å². The molecule has 1 saturated carbocycles. The van der Waals surface area contributed by atoms with Crippen molar-refractivity contribution in [2.24, 2.45) is 7.05 Å². The Labute approximate surface area is 254 Å². The highest BCUT2D eigenvalue weighted by atomic mass is 32.2. The third-order valence-electron chi connectivity index (χ3n) is 6.16. The summed E-state index contributed by atoms with van der Waals surface area (Å²) in [6.07, 6.45) is 9.49. The molecular formula is C31H47FN6O3S. The summed E-state index contributed by atoms with van der Waals surface area (Å²) in [6, 6.07) is 4.45. The molecule has 9 nitrogen and oxygen atoms in total. The van der Waals surface area contributed by atoms with Gasteiger partial charge in [-0.05, 0) is 37.1 Å². The lowest BCUT2D eigenvalue weighted by atomic mass is 10.2. The molecular weight excluding hydrogens is 555 g/mol. The maximum absolute atomic E-state index is 14.3. The normalized spacial score (nSPS) is 16.3. The van der Waals surface area contributed by atoms with E-state index in [2.05, 4.69) is 21.7 Å². The average molecular weight is 603 g/mol. The topological polar surface area (TPSA) is 107 Å². The predicted octanol–water partition coefficient (Wildman–Crippen LogP) is 6.40. The number of urea groups is 1. The number of carbonyl (C=O) groups is 1. The minimum atomic E-state index is -0.514. The van der Waals surface area contributed by atoms with Crippen LogP contribution in [0.25, 0.3) is 4.91 Å². The Morgan fingerprint density at radius 2 is 1.95 bits per heavy atom. The van der Waals surface area contributed by atoms with E-state index < -0.39 is 5.82 Å². The molecule has 11 heteroatoms. The molecule has 1 fully saturated rings. The van der Waals surface area contributed by atoms with E-state index in [0.29, 0.717) is 31.1 Å². The van der Waals surface area contributed by atoms with Crippen LogP contribution in [0.5, 0.6) is 5.75 Å². The van der Waals surface area contributed by atoms with Crippen LogP contribution in [0.1, 0.15) is 65.9 Å². The highest BCUT2D eigenvalue weighted by Crippen LogP contribution is 2.45. The summed E-state index contributed by atoms with van der Waals surface area (Å²) in [4.78, 5) is 21.0. The van der Waals surface area contributed by atoms with Crippen molar-refractivity contribution in [2.75, 3.05) is 26.0 Å². The second-order valence-corrected chi connectivity index (χ2v) is 9.99. The second-order valence-electron chi connectivity index (χ2n) is 8.90. The quantitative estimate of drug-likeness (QED) is 0.285. The number of dihydropyridines is 1. The van der Waals surface area contributed by atoms with E-state index >= 15 is 0 Å². The lowest BCUT2D eigenvalue weighted by molar-refractivity contribution is 0.145. The molecule has 1 aromatic carbocycles. The van der Waals surface area contributed by atoms with E-state index in [1.165, 1.54) is 23.9 Å². The molecule has 1 aliphatic carbocycles. The summed E-state index contributed by atoms with van der Waals surface area (Å²) >= 11 is 1.53. The number of nitrogens with zero attached hydrogens (tertiary/aromatic N) is 3. The third kappa shape index (κ3) is 9.03. The number of nitrogens with two attached hydrogens (primary N) is 1. The lowest BCUT2D eigenvalue weighted by Crippen LogP contribution is -2.42. The molecule has 5 rings (SSSR count). The first-order valence-electron chi connectivity index (χ1n) is 14.8. The van der Waals surface area contributed by atoms with Gasteiger partial charge in [0.25, 0.3) is 0 Å². The van der Waals surface area contributed by atoms with E-state index in [4.69, 9.17) is 15.2 Å². The number of imidazole rings is 1. The van der Waals surface area contributed by atoms with Crippen LogP contribution in [-0.2, 0) is 18.3 Å². The fourth-order valence-corrected chi connectivity index (χ4v) is 5.16. The number of nitrogens with one attached hydrogen (secondary N) is 2.